The number of halogens is 4. The second-order valence-electron chi connectivity index (χ2n) is 6.29. The zero-order valence-electron chi connectivity index (χ0n) is 12.6. The first kappa shape index (κ1) is 18.6. The van der Waals surface area contributed by atoms with Crippen LogP contribution in [-0.4, -0.2) is 24.0 Å². The molecule has 24 heavy (non-hydrogen) atoms. The number of hydrogen-bond acceptors (Lipinski definition) is 3. The lowest BCUT2D eigenvalue weighted by Gasteiger charge is -2.29. The number of benzene rings is 1. The van der Waals surface area contributed by atoms with Gasteiger partial charge in [-0.2, -0.15) is 0 Å². The highest BCUT2D eigenvalue weighted by molar-refractivity contribution is 7.21. The van der Waals surface area contributed by atoms with Crippen LogP contribution in [0.2, 0.25) is 15.1 Å². The number of nitrogens with one attached hydrogen (secondary N) is 2. The standard InChI is InChI=1S/C16H15Cl3N2OS.ClH/c17-7-3-11(18)13-12(4-7)23-15(14(13)19)16(22)21-10-5-8-1-2-9(6-10)20-8;/h3-4,8-10,20H,1-2,5-6H2,(H,21,22);1H. The third-order valence-electron chi connectivity index (χ3n) is 4.66. The van der Waals surface area contributed by atoms with Gasteiger partial charge in [0.2, 0.25) is 0 Å². The van der Waals surface area contributed by atoms with E-state index in [1.165, 1.54) is 24.2 Å². The van der Waals surface area contributed by atoms with E-state index in [1.807, 2.05) is 0 Å². The van der Waals surface area contributed by atoms with Gasteiger partial charge in [-0.05, 0) is 37.8 Å². The van der Waals surface area contributed by atoms with Crippen LogP contribution in [0, 0.1) is 0 Å². The molecule has 2 fully saturated rings. The molecular weight excluding hydrogens is 410 g/mol. The Kier molecular flexibility index (Phi) is 5.55. The fraction of sp³-hybridized carbons (Fsp3) is 0.438. The molecule has 0 spiro atoms. The number of carbonyl (C=O) groups excluding carboxylic acids is 1. The van der Waals surface area contributed by atoms with Crippen LogP contribution < -0.4 is 10.6 Å². The molecule has 2 aliphatic heterocycles. The van der Waals surface area contributed by atoms with E-state index in [9.17, 15) is 4.79 Å². The lowest BCUT2D eigenvalue weighted by molar-refractivity contribution is 0.0928. The van der Waals surface area contributed by atoms with E-state index >= 15 is 0 Å². The average Bonchev–Trinajstić information content (AvgIpc) is 2.99. The van der Waals surface area contributed by atoms with Gasteiger partial charge in [-0.15, -0.1) is 23.7 Å². The van der Waals surface area contributed by atoms with Crippen LogP contribution in [0.1, 0.15) is 35.4 Å². The summed E-state index contributed by atoms with van der Waals surface area (Å²) in [6, 6.07) is 4.72. The molecule has 2 aliphatic rings. The third-order valence-corrected chi connectivity index (χ3v) is 6.81. The molecule has 4 rings (SSSR count). The Morgan fingerprint density at radius 2 is 1.83 bits per heavy atom. The van der Waals surface area contributed by atoms with Crippen molar-refractivity contribution in [3.8, 4) is 0 Å². The van der Waals surface area contributed by atoms with Gasteiger partial charge < -0.3 is 10.6 Å². The maximum atomic E-state index is 12.7. The van der Waals surface area contributed by atoms with E-state index in [0.29, 0.717) is 37.4 Å². The quantitative estimate of drug-likeness (QED) is 0.685. The summed E-state index contributed by atoms with van der Waals surface area (Å²) in [6.07, 6.45) is 4.37. The smallest absolute Gasteiger partial charge is 0.263 e. The first-order valence-corrected chi connectivity index (χ1v) is 9.60. The van der Waals surface area contributed by atoms with Crippen molar-refractivity contribution in [2.24, 2.45) is 0 Å². The molecule has 2 bridgehead atoms. The van der Waals surface area contributed by atoms with Crippen LogP contribution in [-0.2, 0) is 0 Å². The Morgan fingerprint density at radius 1 is 1.17 bits per heavy atom. The van der Waals surface area contributed by atoms with Crippen LogP contribution >= 0.6 is 58.5 Å². The summed E-state index contributed by atoms with van der Waals surface area (Å²) in [7, 11) is 0. The van der Waals surface area contributed by atoms with Gasteiger partial charge in [-0.3, -0.25) is 4.79 Å². The van der Waals surface area contributed by atoms with E-state index in [0.717, 1.165) is 17.5 Å². The minimum Gasteiger partial charge on any atom is -0.348 e. The van der Waals surface area contributed by atoms with Crippen molar-refractivity contribution >= 4 is 74.5 Å². The lowest BCUT2D eigenvalue weighted by Crippen LogP contribution is -2.47. The molecule has 8 heteroatoms. The molecule has 130 valence electrons. The van der Waals surface area contributed by atoms with Crippen molar-refractivity contribution in [1.29, 1.82) is 0 Å². The normalized spacial score (nSPS) is 25.5. The van der Waals surface area contributed by atoms with Gasteiger partial charge in [0.25, 0.3) is 5.91 Å². The Morgan fingerprint density at radius 3 is 2.50 bits per heavy atom. The maximum Gasteiger partial charge on any atom is 0.263 e. The highest BCUT2D eigenvalue weighted by Gasteiger charge is 2.34. The van der Waals surface area contributed by atoms with Crippen LogP contribution in [0.5, 0.6) is 0 Å². The van der Waals surface area contributed by atoms with Crippen LogP contribution in [0.4, 0.5) is 0 Å². The predicted octanol–water partition coefficient (Wildman–Crippen LogP) is 5.30. The van der Waals surface area contributed by atoms with Crippen LogP contribution in [0.3, 0.4) is 0 Å². The topological polar surface area (TPSA) is 41.1 Å². The molecule has 3 nitrogen and oxygen atoms in total. The van der Waals surface area contributed by atoms with E-state index in [2.05, 4.69) is 10.6 Å². The largest absolute Gasteiger partial charge is 0.348 e. The molecule has 0 saturated carbocycles. The van der Waals surface area contributed by atoms with Gasteiger partial charge in [-0.1, -0.05) is 34.8 Å². The summed E-state index contributed by atoms with van der Waals surface area (Å²) in [4.78, 5) is 13.2. The number of amides is 1. The highest BCUT2D eigenvalue weighted by Crippen LogP contribution is 2.41. The van der Waals surface area contributed by atoms with Gasteiger partial charge in [0.15, 0.2) is 0 Å². The van der Waals surface area contributed by atoms with Crippen molar-refractivity contribution in [3.63, 3.8) is 0 Å². The first-order valence-electron chi connectivity index (χ1n) is 7.65. The summed E-state index contributed by atoms with van der Waals surface area (Å²) in [5.41, 5.74) is 0. The molecule has 1 aromatic heterocycles. The van der Waals surface area contributed by atoms with E-state index in [1.54, 1.807) is 12.1 Å². The molecule has 2 N–H and O–H groups in total. The molecule has 2 unspecified atom stereocenters. The Hall–Kier alpha value is -0.230. The number of hydrogen-bond donors (Lipinski definition) is 2. The second-order valence-corrected chi connectivity index (χ2v) is 8.56. The van der Waals surface area contributed by atoms with E-state index < -0.39 is 0 Å². The molecule has 0 radical (unpaired) electrons. The van der Waals surface area contributed by atoms with Crippen LogP contribution in [0.25, 0.3) is 10.1 Å². The fourth-order valence-electron chi connectivity index (χ4n) is 3.68. The van der Waals surface area contributed by atoms with Crippen molar-refractivity contribution in [2.75, 3.05) is 0 Å². The summed E-state index contributed by atoms with van der Waals surface area (Å²) >= 11 is 20.0. The number of rotatable bonds is 2. The summed E-state index contributed by atoms with van der Waals surface area (Å²) in [5.74, 6) is -0.116. The monoisotopic (exact) mass is 424 g/mol. The van der Waals surface area contributed by atoms with E-state index in [-0.39, 0.29) is 24.4 Å². The Labute approximate surface area is 165 Å². The Bertz CT molecular complexity index is 782. The van der Waals surface area contributed by atoms with Crippen molar-refractivity contribution in [3.05, 3.63) is 32.1 Å². The Balaban J connectivity index is 0.00000169. The predicted molar refractivity (Wildman–Crippen MR) is 105 cm³/mol. The zero-order chi connectivity index (χ0) is 16.1. The van der Waals surface area contributed by atoms with Gasteiger partial charge in [0.1, 0.15) is 4.88 Å². The van der Waals surface area contributed by atoms with Crippen LogP contribution in [0.15, 0.2) is 12.1 Å². The SMILES string of the molecule is Cl.O=C(NC1CC2CCC(C1)N2)c1sc2cc(Cl)cc(Cl)c2c1Cl. The highest BCUT2D eigenvalue weighted by atomic mass is 35.5. The molecule has 1 amide bonds. The molecule has 2 saturated heterocycles. The number of thiophene rings is 1. The van der Waals surface area contributed by atoms with Gasteiger partial charge >= 0.3 is 0 Å². The van der Waals surface area contributed by atoms with Crippen molar-refractivity contribution in [2.45, 2.75) is 43.8 Å². The first-order chi connectivity index (χ1) is 11.0. The third kappa shape index (κ3) is 3.37. The zero-order valence-corrected chi connectivity index (χ0v) is 16.5. The summed E-state index contributed by atoms with van der Waals surface area (Å²) < 4.78 is 0.836. The molecule has 0 aliphatic carbocycles. The van der Waals surface area contributed by atoms with Crippen molar-refractivity contribution in [1.82, 2.24) is 10.6 Å². The number of piperidine rings is 1. The molecular formula is C16H16Cl4N2OS. The van der Waals surface area contributed by atoms with Crippen molar-refractivity contribution < 1.29 is 4.79 Å². The van der Waals surface area contributed by atoms with Gasteiger partial charge in [-0.25, -0.2) is 0 Å². The summed E-state index contributed by atoms with van der Waals surface area (Å²) in [6.45, 7) is 0. The van der Waals surface area contributed by atoms with Gasteiger partial charge in [0, 0.05) is 33.2 Å². The minimum absolute atomic E-state index is 0. The second kappa shape index (κ2) is 7.18. The number of carbonyl (C=O) groups is 1. The number of fused-ring (bicyclic) bond motifs is 3. The minimum atomic E-state index is -0.116. The summed E-state index contributed by atoms with van der Waals surface area (Å²) in [5, 5.41) is 8.86. The fourth-order valence-corrected chi connectivity index (χ4v) is 5.97. The lowest BCUT2D eigenvalue weighted by atomic mass is 10.00. The maximum absolute atomic E-state index is 12.7. The molecule has 3 heterocycles. The molecule has 1 aromatic carbocycles. The molecule has 2 atom stereocenters. The average molecular weight is 426 g/mol. The van der Waals surface area contributed by atoms with Gasteiger partial charge in [0.05, 0.1) is 10.0 Å². The van der Waals surface area contributed by atoms with E-state index in [4.69, 9.17) is 34.8 Å². The molecule has 2 aromatic rings.